The molecule has 0 radical (unpaired) electrons. The van der Waals surface area contributed by atoms with Crippen LogP contribution in [0.5, 0.6) is 11.5 Å². The van der Waals surface area contributed by atoms with Crippen molar-refractivity contribution in [1.29, 1.82) is 0 Å². The lowest BCUT2D eigenvalue weighted by Gasteiger charge is -2.05. The molecule has 1 heterocycles. The summed E-state index contributed by atoms with van der Waals surface area (Å²) in [6, 6.07) is 11.9. The van der Waals surface area contributed by atoms with Crippen LogP contribution >= 0.6 is 0 Å². The second-order valence-corrected chi connectivity index (χ2v) is 5.00. The zero-order valence-electron chi connectivity index (χ0n) is 12.4. The second-order valence-electron chi connectivity index (χ2n) is 5.00. The number of carbonyl (C=O) groups is 1. The predicted octanol–water partition coefficient (Wildman–Crippen LogP) is 3.94. The summed E-state index contributed by atoms with van der Waals surface area (Å²) in [6.07, 6.45) is 0.699. The van der Waals surface area contributed by atoms with Crippen molar-refractivity contribution >= 4 is 16.8 Å². The van der Waals surface area contributed by atoms with E-state index in [1.165, 1.54) is 6.07 Å². The smallest absolute Gasteiger partial charge is 0.193 e. The van der Waals surface area contributed by atoms with Gasteiger partial charge in [0.25, 0.3) is 0 Å². The number of phenolic OH excluding ortho intramolecular Hbond substituents is 1. The van der Waals surface area contributed by atoms with Gasteiger partial charge in [0.15, 0.2) is 17.1 Å². The van der Waals surface area contributed by atoms with Crippen molar-refractivity contribution in [2.24, 2.45) is 0 Å². The summed E-state index contributed by atoms with van der Waals surface area (Å²) in [4.78, 5) is 12.7. The Hall–Kier alpha value is -2.75. The summed E-state index contributed by atoms with van der Waals surface area (Å²) in [5.74, 6) is 1.36. The van der Waals surface area contributed by atoms with E-state index >= 15 is 0 Å². The molecule has 0 unspecified atom stereocenters. The molecule has 0 fully saturated rings. The highest BCUT2D eigenvalue weighted by Crippen LogP contribution is 2.32. The van der Waals surface area contributed by atoms with Crippen LogP contribution in [0, 0.1) is 0 Å². The Labute approximate surface area is 127 Å². The van der Waals surface area contributed by atoms with Crippen molar-refractivity contribution in [3.63, 3.8) is 0 Å². The summed E-state index contributed by atoms with van der Waals surface area (Å²) in [5, 5.41) is 10.5. The number of benzene rings is 2. The number of ether oxygens (including phenoxy) is 1. The number of phenols is 1. The molecule has 0 saturated heterocycles. The predicted molar refractivity (Wildman–Crippen MR) is 83.7 cm³/mol. The van der Waals surface area contributed by atoms with Crippen molar-refractivity contribution in [2.45, 2.75) is 13.3 Å². The van der Waals surface area contributed by atoms with Crippen molar-refractivity contribution in [3.05, 3.63) is 59.4 Å². The van der Waals surface area contributed by atoms with Gasteiger partial charge in [-0.05, 0) is 42.5 Å². The molecular weight excluding hydrogens is 280 g/mol. The summed E-state index contributed by atoms with van der Waals surface area (Å²) >= 11 is 0. The highest BCUT2D eigenvalue weighted by molar-refractivity contribution is 6.16. The second kappa shape index (κ2) is 5.56. The maximum atomic E-state index is 12.7. The van der Waals surface area contributed by atoms with E-state index in [1.807, 2.05) is 13.0 Å². The molecule has 0 saturated carbocycles. The van der Waals surface area contributed by atoms with E-state index in [-0.39, 0.29) is 11.5 Å². The number of hydrogen-bond donors (Lipinski definition) is 1. The first-order valence-corrected chi connectivity index (χ1v) is 7.07. The fourth-order valence-corrected chi connectivity index (χ4v) is 2.43. The molecule has 0 aliphatic rings. The maximum Gasteiger partial charge on any atom is 0.193 e. The quantitative estimate of drug-likeness (QED) is 0.741. The monoisotopic (exact) mass is 296 g/mol. The minimum Gasteiger partial charge on any atom is -0.504 e. The minimum absolute atomic E-state index is 0.0426. The van der Waals surface area contributed by atoms with Crippen LogP contribution < -0.4 is 4.74 Å². The summed E-state index contributed by atoms with van der Waals surface area (Å²) < 4.78 is 10.7. The Kier molecular flexibility index (Phi) is 3.59. The first kappa shape index (κ1) is 14.2. The lowest BCUT2D eigenvalue weighted by molar-refractivity contribution is 0.104. The van der Waals surface area contributed by atoms with Gasteiger partial charge >= 0.3 is 0 Å². The Balaban J connectivity index is 2.10. The third-order valence-corrected chi connectivity index (χ3v) is 3.66. The number of rotatable bonds is 4. The van der Waals surface area contributed by atoms with Gasteiger partial charge in [0, 0.05) is 22.9 Å². The van der Waals surface area contributed by atoms with Gasteiger partial charge in [-0.3, -0.25) is 4.79 Å². The van der Waals surface area contributed by atoms with Gasteiger partial charge in [-0.25, -0.2) is 0 Å². The van der Waals surface area contributed by atoms with E-state index in [1.54, 1.807) is 37.4 Å². The zero-order valence-corrected chi connectivity index (χ0v) is 12.4. The van der Waals surface area contributed by atoms with Gasteiger partial charge < -0.3 is 14.3 Å². The van der Waals surface area contributed by atoms with Crippen molar-refractivity contribution < 1.29 is 19.1 Å². The van der Waals surface area contributed by atoms with Crippen LogP contribution in [-0.4, -0.2) is 18.0 Å². The minimum atomic E-state index is -0.115. The Morgan fingerprint density at radius 3 is 2.55 bits per heavy atom. The van der Waals surface area contributed by atoms with Crippen molar-refractivity contribution in [1.82, 2.24) is 0 Å². The number of aryl methyl sites for hydroxylation is 1. The standard InChI is InChI=1S/C18H16O4/c1-3-12-10-15-14(8-9-16(19)18(15)22-12)17(20)11-4-6-13(21-2)7-5-11/h4-10,19H,3H2,1-2H3. The van der Waals surface area contributed by atoms with Crippen molar-refractivity contribution in [2.75, 3.05) is 7.11 Å². The van der Waals surface area contributed by atoms with Crippen LogP contribution in [0.3, 0.4) is 0 Å². The first-order valence-electron chi connectivity index (χ1n) is 7.07. The fraction of sp³-hybridized carbons (Fsp3) is 0.167. The molecule has 22 heavy (non-hydrogen) atoms. The molecule has 0 aliphatic carbocycles. The lowest BCUT2D eigenvalue weighted by atomic mass is 9.99. The Morgan fingerprint density at radius 1 is 1.18 bits per heavy atom. The van der Waals surface area contributed by atoms with Crippen LogP contribution in [0.2, 0.25) is 0 Å². The zero-order chi connectivity index (χ0) is 15.7. The van der Waals surface area contributed by atoms with Crippen LogP contribution in [-0.2, 0) is 6.42 Å². The van der Waals surface area contributed by atoms with E-state index in [4.69, 9.17) is 9.15 Å². The molecule has 4 nitrogen and oxygen atoms in total. The molecule has 3 rings (SSSR count). The molecule has 0 spiro atoms. The van der Waals surface area contributed by atoms with E-state index in [9.17, 15) is 9.90 Å². The average molecular weight is 296 g/mol. The molecule has 4 heteroatoms. The third-order valence-electron chi connectivity index (χ3n) is 3.66. The number of aromatic hydroxyl groups is 1. The van der Waals surface area contributed by atoms with Crippen LogP contribution in [0.4, 0.5) is 0 Å². The molecule has 0 bridgehead atoms. The molecule has 2 aromatic carbocycles. The van der Waals surface area contributed by atoms with Gasteiger partial charge in [0.05, 0.1) is 7.11 Å². The first-order chi connectivity index (χ1) is 10.6. The molecule has 3 aromatic rings. The maximum absolute atomic E-state index is 12.7. The highest BCUT2D eigenvalue weighted by atomic mass is 16.5. The summed E-state index contributed by atoms with van der Waals surface area (Å²) in [5.41, 5.74) is 1.43. The van der Waals surface area contributed by atoms with Gasteiger partial charge in [0.1, 0.15) is 11.5 Å². The van der Waals surface area contributed by atoms with Gasteiger partial charge in [0.2, 0.25) is 0 Å². The fourth-order valence-electron chi connectivity index (χ4n) is 2.43. The number of ketones is 1. The molecule has 112 valence electrons. The van der Waals surface area contributed by atoms with E-state index in [0.29, 0.717) is 34.3 Å². The van der Waals surface area contributed by atoms with E-state index < -0.39 is 0 Å². The molecule has 0 aliphatic heterocycles. The van der Waals surface area contributed by atoms with Crippen molar-refractivity contribution in [3.8, 4) is 11.5 Å². The van der Waals surface area contributed by atoms with E-state index in [0.717, 1.165) is 5.76 Å². The number of methoxy groups -OCH3 is 1. The number of fused-ring (bicyclic) bond motifs is 1. The molecule has 0 atom stereocenters. The highest BCUT2D eigenvalue weighted by Gasteiger charge is 2.17. The van der Waals surface area contributed by atoms with Gasteiger partial charge in [-0.15, -0.1) is 0 Å². The Morgan fingerprint density at radius 2 is 1.91 bits per heavy atom. The molecule has 1 N–H and O–H groups in total. The number of carbonyl (C=O) groups excluding carboxylic acids is 1. The third kappa shape index (κ3) is 2.33. The van der Waals surface area contributed by atoms with Gasteiger partial charge in [-0.1, -0.05) is 6.92 Å². The average Bonchev–Trinajstić information content (AvgIpc) is 3.00. The summed E-state index contributed by atoms with van der Waals surface area (Å²) in [6.45, 7) is 1.96. The number of furan rings is 1. The van der Waals surface area contributed by atoms with Crippen LogP contribution in [0.1, 0.15) is 28.6 Å². The van der Waals surface area contributed by atoms with Gasteiger partial charge in [-0.2, -0.15) is 0 Å². The topological polar surface area (TPSA) is 59.7 Å². The SMILES string of the molecule is CCc1cc2c(C(=O)c3ccc(OC)cc3)ccc(O)c2o1. The summed E-state index contributed by atoms with van der Waals surface area (Å²) in [7, 11) is 1.58. The number of hydrogen-bond acceptors (Lipinski definition) is 4. The van der Waals surface area contributed by atoms with E-state index in [2.05, 4.69) is 0 Å². The largest absolute Gasteiger partial charge is 0.504 e. The van der Waals surface area contributed by atoms with Crippen LogP contribution in [0.15, 0.2) is 46.9 Å². The normalized spacial score (nSPS) is 10.8. The molecule has 1 aromatic heterocycles. The molecule has 0 amide bonds. The van der Waals surface area contributed by atoms with Crippen LogP contribution in [0.25, 0.3) is 11.0 Å². The molecular formula is C18H16O4. The lowest BCUT2D eigenvalue weighted by Crippen LogP contribution is -2.01. The Bertz CT molecular complexity index is 828.